The number of non-ortho nitro benzene ring substituents is 1. The smallest absolute Gasteiger partial charge is 0.270 e. The molecule has 2 aromatic rings. The summed E-state index contributed by atoms with van der Waals surface area (Å²) in [6.45, 7) is 4.62. The largest absolute Gasteiger partial charge is 0.360 e. The van der Waals surface area contributed by atoms with E-state index in [9.17, 15) is 14.9 Å². The number of nitrogens with zero attached hydrogens (tertiary/aromatic N) is 2. The number of nitro groups is 1. The quantitative estimate of drug-likeness (QED) is 0.511. The Morgan fingerprint density at radius 1 is 1.12 bits per heavy atom. The molecule has 1 fully saturated rings. The van der Waals surface area contributed by atoms with E-state index in [0.29, 0.717) is 11.8 Å². The first-order valence-corrected chi connectivity index (χ1v) is 8.03. The summed E-state index contributed by atoms with van der Waals surface area (Å²) in [4.78, 5) is 25.3. The minimum atomic E-state index is -0.473. The number of carbonyl (C=O) groups excluding carboxylic acids is 1. The molecule has 0 bridgehead atoms. The summed E-state index contributed by atoms with van der Waals surface area (Å²) in [5.74, 6) is 0. The SMILES string of the molecule is O=Cc1cc([N+](=O)[O-])ccc1N1CC[NH+](Cc2ccccc2)CC1. The molecular formula is C18H20N3O3+. The van der Waals surface area contributed by atoms with Crippen LogP contribution in [-0.2, 0) is 6.54 Å². The van der Waals surface area contributed by atoms with Crippen molar-refractivity contribution in [1.82, 2.24) is 0 Å². The first-order chi connectivity index (χ1) is 11.7. The first kappa shape index (κ1) is 16.1. The van der Waals surface area contributed by atoms with E-state index in [4.69, 9.17) is 0 Å². The van der Waals surface area contributed by atoms with Crippen molar-refractivity contribution in [2.45, 2.75) is 6.54 Å². The molecule has 6 nitrogen and oxygen atoms in total. The van der Waals surface area contributed by atoms with E-state index in [-0.39, 0.29) is 5.69 Å². The van der Waals surface area contributed by atoms with Crippen LogP contribution in [0.3, 0.4) is 0 Å². The first-order valence-electron chi connectivity index (χ1n) is 8.03. The predicted molar refractivity (Wildman–Crippen MR) is 91.5 cm³/mol. The van der Waals surface area contributed by atoms with Gasteiger partial charge in [-0.3, -0.25) is 14.9 Å². The van der Waals surface area contributed by atoms with Gasteiger partial charge >= 0.3 is 0 Å². The van der Waals surface area contributed by atoms with Gasteiger partial charge in [0.2, 0.25) is 0 Å². The number of nitro benzene ring substituents is 1. The lowest BCUT2D eigenvalue weighted by molar-refractivity contribution is -0.914. The van der Waals surface area contributed by atoms with Crippen LogP contribution in [0.15, 0.2) is 48.5 Å². The number of nitrogens with one attached hydrogen (secondary N) is 1. The molecule has 0 unspecified atom stereocenters. The van der Waals surface area contributed by atoms with Gasteiger partial charge in [-0.05, 0) is 6.07 Å². The van der Waals surface area contributed by atoms with E-state index in [1.165, 1.54) is 22.6 Å². The van der Waals surface area contributed by atoms with Gasteiger partial charge in [-0.25, -0.2) is 0 Å². The van der Waals surface area contributed by atoms with Crippen molar-refractivity contribution in [3.8, 4) is 0 Å². The van der Waals surface area contributed by atoms with E-state index in [1.54, 1.807) is 6.07 Å². The summed E-state index contributed by atoms with van der Waals surface area (Å²) in [6.07, 6.45) is 0.700. The lowest BCUT2D eigenvalue weighted by Crippen LogP contribution is -3.13. The number of benzene rings is 2. The van der Waals surface area contributed by atoms with Gasteiger partial charge in [-0.1, -0.05) is 30.3 Å². The van der Waals surface area contributed by atoms with Crippen LogP contribution in [0, 0.1) is 10.1 Å². The highest BCUT2D eigenvalue weighted by atomic mass is 16.6. The molecular weight excluding hydrogens is 306 g/mol. The van der Waals surface area contributed by atoms with Gasteiger partial charge in [0.15, 0.2) is 6.29 Å². The molecule has 0 radical (unpaired) electrons. The Morgan fingerprint density at radius 2 is 1.83 bits per heavy atom. The number of anilines is 1. The van der Waals surface area contributed by atoms with Gasteiger partial charge in [-0.2, -0.15) is 0 Å². The lowest BCUT2D eigenvalue weighted by Gasteiger charge is -2.34. The molecule has 0 amide bonds. The Kier molecular flexibility index (Phi) is 4.86. The highest BCUT2D eigenvalue weighted by Crippen LogP contribution is 2.24. The molecule has 1 aliphatic heterocycles. The highest BCUT2D eigenvalue weighted by Gasteiger charge is 2.23. The van der Waals surface area contributed by atoms with E-state index in [0.717, 1.165) is 38.4 Å². The molecule has 2 aromatic carbocycles. The summed E-state index contributed by atoms with van der Waals surface area (Å²) in [5.41, 5.74) is 2.45. The van der Waals surface area contributed by atoms with Crippen molar-refractivity contribution < 1.29 is 14.6 Å². The van der Waals surface area contributed by atoms with Crippen LogP contribution >= 0.6 is 0 Å². The van der Waals surface area contributed by atoms with Crippen LogP contribution < -0.4 is 9.80 Å². The van der Waals surface area contributed by atoms with Crippen molar-refractivity contribution in [3.63, 3.8) is 0 Å². The average Bonchev–Trinajstić information content (AvgIpc) is 2.62. The number of quaternary nitrogens is 1. The minimum Gasteiger partial charge on any atom is -0.360 e. The van der Waals surface area contributed by atoms with Crippen LogP contribution in [0.25, 0.3) is 0 Å². The molecule has 0 aliphatic carbocycles. The van der Waals surface area contributed by atoms with Crippen molar-refractivity contribution in [3.05, 3.63) is 69.8 Å². The lowest BCUT2D eigenvalue weighted by atomic mass is 10.1. The molecule has 0 atom stereocenters. The van der Waals surface area contributed by atoms with E-state index in [2.05, 4.69) is 29.2 Å². The summed E-state index contributed by atoms with van der Waals surface area (Å²) in [7, 11) is 0. The average molecular weight is 326 g/mol. The van der Waals surface area contributed by atoms with Gasteiger partial charge in [0, 0.05) is 28.9 Å². The van der Waals surface area contributed by atoms with Gasteiger partial charge in [-0.15, -0.1) is 0 Å². The molecule has 1 saturated heterocycles. The fraction of sp³-hybridized carbons (Fsp3) is 0.278. The third-order valence-corrected chi connectivity index (χ3v) is 4.46. The van der Waals surface area contributed by atoms with E-state index >= 15 is 0 Å². The van der Waals surface area contributed by atoms with Crippen LogP contribution in [-0.4, -0.2) is 37.4 Å². The Morgan fingerprint density at radius 3 is 2.46 bits per heavy atom. The number of hydrogen-bond donors (Lipinski definition) is 1. The molecule has 0 spiro atoms. The predicted octanol–water partition coefficient (Wildman–Crippen LogP) is 1.31. The summed E-state index contributed by atoms with van der Waals surface area (Å²) in [5, 5.41) is 10.8. The van der Waals surface area contributed by atoms with E-state index in [1.807, 2.05) is 6.07 Å². The second-order valence-electron chi connectivity index (χ2n) is 6.02. The van der Waals surface area contributed by atoms with E-state index < -0.39 is 4.92 Å². The van der Waals surface area contributed by atoms with Crippen LogP contribution in [0.2, 0.25) is 0 Å². The van der Waals surface area contributed by atoms with Crippen molar-refractivity contribution in [1.29, 1.82) is 0 Å². The highest BCUT2D eigenvalue weighted by molar-refractivity contribution is 5.86. The molecule has 1 aliphatic rings. The topological polar surface area (TPSA) is 67.9 Å². The number of carbonyl (C=O) groups is 1. The zero-order valence-electron chi connectivity index (χ0n) is 13.4. The monoisotopic (exact) mass is 326 g/mol. The zero-order valence-corrected chi connectivity index (χ0v) is 13.4. The van der Waals surface area contributed by atoms with Crippen molar-refractivity contribution >= 4 is 17.7 Å². The third kappa shape index (κ3) is 3.60. The summed E-state index contributed by atoms with van der Waals surface area (Å²) in [6, 6.07) is 14.9. The van der Waals surface area contributed by atoms with Crippen LogP contribution in [0.1, 0.15) is 15.9 Å². The standard InChI is InChI=1S/C18H19N3O3/c22-14-16-12-17(21(23)24)6-7-18(16)20-10-8-19(9-11-20)13-15-4-2-1-3-5-15/h1-7,12,14H,8-11,13H2/p+1. The van der Waals surface area contributed by atoms with Gasteiger partial charge in [0.25, 0.3) is 5.69 Å². The van der Waals surface area contributed by atoms with Crippen molar-refractivity contribution in [2.75, 3.05) is 31.1 Å². The molecule has 1 heterocycles. The normalized spacial score (nSPS) is 15.2. The Balaban J connectivity index is 1.66. The summed E-state index contributed by atoms with van der Waals surface area (Å²) < 4.78 is 0. The maximum Gasteiger partial charge on any atom is 0.270 e. The molecule has 0 aromatic heterocycles. The second-order valence-corrected chi connectivity index (χ2v) is 6.02. The fourth-order valence-corrected chi connectivity index (χ4v) is 3.16. The molecule has 1 N–H and O–H groups in total. The van der Waals surface area contributed by atoms with Gasteiger partial charge < -0.3 is 9.80 Å². The number of piperazine rings is 1. The van der Waals surface area contributed by atoms with Gasteiger partial charge in [0.05, 0.1) is 31.1 Å². The molecule has 0 saturated carbocycles. The van der Waals surface area contributed by atoms with Crippen LogP contribution in [0.5, 0.6) is 0 Å². The third-order valence-electron chi connectivity index (χ3n) is 4.46. The Bertz CT molecular complexity index is 726. The molecule has 3 rings (SSSR count). The van der Waals surface area contributed by atoms with Crippen molar-refractivity contribution in [2.24, 2.45) is 0 Å². The Hall–Kier alpha value is -2.73. The zero-order chi connectivity index (χ0) is 16.9. The molecule has 24 heavy (non-hydrogen) atoms. The number of rotatable bonds is 5. The summed E-state index contributed by atoms with van der Waals surface area (Å²) >= 11 is 0. The minimum absolute atomic E-state index is 0.0470. The van der Waals surface area contributed by atoms with Gasteiger partial charge in [0.1, 0.15) is 6.54 Å². The maximum absolute atomic E-state index is 11.3. The van der Waals surface area contributed by atoms with Crippen LogP contribution in [0.4, 0.5) is 11.4 Å². The molecule has 124 valence electrons. The Labute approximate surface area is 140 Å². The number of aldehydes is 1. The molecule has 6 heteroatoms. The fourth-order valence-electron chi connectivity index (χ4n) is 3.16. The maximum atomic E-state index is 11.3. The number of hydrogen-bond acceptors (Lipinski definition) is 4. The second kappa shape index (κ2) is 7.23.